The average molecular weight is 365 g/mol. The Hall–Kier alpha value is -2.73. The predicted octanol–water partition coefficient (Wildman–Crippen LogP) is 3.73. The van der Waals surface area contributed by atoms with E-state index in [0.29, 0.717) is 0 Å². The zero-order chi connectivity index (χ0) is 17.9. The SMILES string of the molecule is Cc1ccccc1OCC(=O)Nc1ccc(C2=CSC3=NCCN23)cc1. The van der Waals surface area contributed by atoms with E-state index in [0.717, 1.165) is 40.8 Å². The number of para-hydroxylation sites is 1. The lowest BCUT2D eigenvalue weighted by Crippen LogP contribution is -2.21. The first-order chi connectivity index (χ1) is 12.7. The Labute approximate surface area is 156 Å². The van der Waals surface area contributed by atoms with E-state index in [9.17, 15) is 4.79 Å². The molecule has 2 aliphatic heterocycles. The molecule has 0 spiro atoms. The highest BCUT2D eigenvalue weighted by Gasteiger charge is 2.26. The highest BCUT2D eigenvalue weighted by atomic mass is 32.2. The summed E-state index contributed by atoms with van der Waals surface area (Å²) in [5, 5.41) is 6.07. The van der Waals surface area contributed by atoms with Crippen LogP contribution in [0.1, 0.15) is 11.1 Å². The summed E-state index contributed by atoms with van der Waals surface area (Å²) in [4.78, 5) is 18.8. The third-order valence-electron chi connectivity index (χ3n) is 4.29. The second-order valence-electron chi connectivity index (χ2n) is 6.12. The number of thioether (sulfide) groups is 1. The molecule has 0 fully saturated rings. The molecule has 0 aliphatic carbocycles. The zero-order valence-corrected chi connectivity index (χ0v) is 15.3. The first kappa shape index (κ1) is 16.7. The number of hydrogen-bond donors (Lipinski definition) is 1. The van der Waals surface area contributed by atoms with Gasteiger partial charge in [0.05, 0.1) is 12.2 Å². The first-order valence-electron chi connectivity index (χ1n) is 8.48. The number of rotatable bonds is 5. The number of amidine groups is 1. The van der Waals surface area contributed by atoms with E-state index >= 15 is 0 Å². The summed E-state index contributed by atoms with van der Waals surface area (Å²) >= 11 is 1.66. The van der Waals surface area contributed by atoms with Crippen molar-refractivity contribution in [3.63, 3.8) is 0 Å². The monoisotopic (exact) mass is 365 g/mol. The van der Waals surface area contributed by atoms with Crippen LogP contribution in [-0.4, -0.2) is 35.7 Å². The number of carbonyl (C=O) groups excluding carboxylic acids is 1. The first-order valence-corrected chi connectivity index (χ1v) is 9.36. The van der Waals surface area contributed by atoms with Crippen LogP contribution in [0.3, 0.4) is 0 Å². The van der Waals surface area contributed by atoms with Gasteiger partial charge in [0.15, 0.2) is 11.8 Å². The summed E-state index contributed by atoms with van der Waals surface area (Å²) in [6.45, 7) is 3.73. The summed E-state index contributed by atoms with van der Waals surface area (Å²) in [7, 11) is 0. The van der Waals surface area contributed by atoms with Crippen molar-refractivity contribution < 1.29 is 9.53 Å². The van der Waals surface area contributed by atoms with Crippen LogP contribution in [0.5, 0.6) is 5.75 Å². The van der Waals surface area contributed by atoms with Crippen LogP contribution in [0.25, 0.3) is 5.70 Å². The Balaban J connectivity index is 1.35. The molecular weight excluding hydrogens is 346 g/mol. The molecule has 4 rings (SSSR count). The van der Waals surface area contributed by atoms with E-state index in [4.69, 9.17) is 4.74 Å². The van der Waals surface area contributed by atoms with E-state index in [2.05, 4.69) is 20.6 Å². The standard InChI is InChI=1S/C20H19N3O2S/c1-14-4-2-3-5-18(14)25-12-19(24)22-16-8-6-15(7-9-16)17-13-26-20-21-10-11-23(17)20/h2-9,13H,10-12H2,1H3,(H,22,24). The van der Waals surface area contributed by atoms with Gasteiger partial charge >= 0.3 is 0 Å². The number of fused-ring (bicyclic) bond motifs is 1. The number of aliphatic imine (C=N–C) groups is 1. The molecule has 1 N–H and O–H groups in total. The molecule has 0 bridgehead atoms. The minimum Gasteiger partial charge on any atom is -0.483 e. The molecule has 0 saturated carbocycles. The highest BCUT2D eigenvalue weighted by Crippen LogP contribution is 2.35. The summed E-state index contributed by atoms with van der Waals surface area (Å²) in [6.07, 6.45) is 0. The lowest BCUT2D eigenvalue weighted by atomic mass is 10.1. The van der Waals surface area contributed by atoms with Gasteiger partial charge in [0.1, 0.15) is 5.75 Å². The number of nitrogens with zero attached hydrogens (tertiary/aromatic N) is 2. The molecule has 1 amide bonds. The molecule has 5 nitrogen and oxygen atoms in total. The number of hydrogen-bond acceptors (Lipinski definition) is 5. The molecule has 2 aromatic rings. The van der Waals surface area contributed by atoms with Gasteiger partial charge in [-0.15, -0.1) is 0 Å². The predicted molar refractivity (Wildman–Crippen MR) is 106 cm³/mol. The highest BCUT2D eigenvalue weighted by molar-refractivity contribution is 8.16. The lowest BCUT2D eigenvalue weighted by Gasteiger charge is -2.17. The lowest BCUT2D eigenvalue weighted by molar-refractivity contribution is -0.118. The van der Waals surface area contributed by atoms with Crippen molar-refractivity contribution in [1.82, 2.24) is 4.90 Å². The van der Waals surface area contributed by atoms with Crippen LogP contribution in [0.2, 0.25) is 0 Å². The van der Waals surface area contributed by atoms with Crippen LogP contribution < -0.4 is 10.1 Å². The van der Waals surface area contributed by atoms with Gasteiger partial charge in [-0.2, -0.15) is 0 Å². The van der Waals surface area contributed by atoms with Crippen molar-refractivity contribution in [3.8, 4) is 5.75 Å². The Bertz CT molecular complexity index is 890. The van der Waals surface area contributed by atoms with Gasteiger partial charge in [-0.05, 0) is 36.2 Å². The van der Waals surface area contributed by atoms with Crippen molar-refractivity contribution in [2.24, 2.45) is 4.99 Å². The van der Waals surface area contributed by atoms with Crippen LogP contribution in [0.4, 0.5) is 5.69 Å². The molecule has 0 unspecified atom stereocenters. The van der Waals surface area contributed by atoms with Crippen molar-refractivity contribution in [3.05, 3.63) is 65.1 Å². The number of nitrogens with one attached hydrogen (secondary N) is 1. The minimum atomic E-state index is -0.175. The van der Waals surface area contributed by atoms with E-state index in [1.54, 1.807) is 11.8 Å². The summed E-state index contributed by atoms with van der Waals surface area (Å²) in [6, 6.07) is 15.5. The van der Waals surface area contributed by atoms with Crippen LogP contribution in [0.15, 0.2) is 58.9 Å². The van der Waals surface area contributed by atoms with Crippen molar-refractivity contribution in [2.75, 3.05) is 25.0 Å². The Morgan fingerprint density at radius 3 is 2.85 bits per heavy atom. The van der Waals surface area contributed by atoms with E-state index in [1.165, 1.54) is 5.70 Å². The molecule has 132 valence electrons. The van der Waals surface area contributed by atoms with Crippen LogP contribution in [-0.2, 0) is 4.79 Å². The molecule has 0 atom stereocenters. The number of ether oxygens (including phenoxy) is 1. The number of anilines is 1. The van der Waals surface area contributed by atoms with Gasteiger partial charge in [-0.25, -0.2) is 0 Å². The molecule has 2 aliphatic rings. The largest absolute Gasteiger partial charge is 0.483 e. The Morgan fingerprint density at radius 2 is 2.04 bits per heavy atom. The van der Waals surface area contributed by atoms with E-state index in [-0.39, 0.29) is 12.5 Å². The third kappa shape index (κ3) is 3.46. The summed E-state index contributed by atoms with van der Waals surface area (Å²) < 4.78 is 5.58. The fourth-order valence-corrected chi connectivity index (χ4v) is 3.89. The van der Waals surface area contributed by atoms with Crippen molar-refractivity contribution >= 4 is 34.2 Å². The van der Waals surface area contributed by atoms with Gasteiger partial charge in [0.2, 0.25) is 0 Å². The number of benzene rings is 2. The van der Waals surface area contributed by atoms with E-state index < -0.39 is 0 Å². The number of carbonyl (C=O) groups is 1. The molecule has 2 aromatic carbocycles. The molecule has 26 heavy (non-hydrogen) atoms. The van der Waals surface area contributed by atoms with Gasteiger partial charge in [-0.1, -0.05) is 42.1 Å². The molecule has 0 saturated heterocycles. The smallest absolute Gasteiger partial charge is 0.262 e. The molecule has 0 aromatic heterocycles. The number of amides is 1. The zero-order valence-electron chi connectivity index (χ0n) is 14.4. The minimum absolute atomic E-state index is 0.0119. The van der Waals surface area contributed by atoms with Crippen molar-refractivity contribution in [1.29, 1.82) is 0 Å². The third-order valence-corrected chi connectivity index (χ3v) is 5.19. The average Bonchev–Trinajstić information content (AvgIpc) is 3.25. The second-order valence-corrected chi connectivity index (χ2v) is 6.95. The summed E-state index contributed by atoms with van der Waals surface area (Å²) in [5.74, 6) is 0.553. The van der Waals surface area contributed by atoms with Crippen LogP contribution in [0, 0.1) is 6.92 Å². The maximum Gasteiger partial charge on any atom is 0.262 e. The second kappa shape index (κ2) is 7.25. The van der Waals surface area contributed by atoms with Gasteiger partial charge in [0, 0.05) is 17.6 Å². The molecule has 6 heteroatoms. The molecule has 0 radical (unpaired) electrons. The Morgan fingerprint density at radius 1 is 1.23 bits per heavy atom. The fourth-order valence-electron chi connectivity index (χ4n) is 2.93. The molecular formula is C20H19N3O2S. The van der Waals surface area contributed by atoms with Gasteiger partial charge < -0.3 is 15.0 Å². The van der Waals surface area contributed by atoms with Crippen molar-refractivity contribution in [2.45, 2.75) is 6.92 Å². The number of aryl methyl sites for hydroxylation is 1. The fraction of sp³-hybridized carbons (Fsp3) is 0.200. The van der Waals surface area contributed by atoms with E-state index in [1.807, 2.05) is 55.5 Å². The maximum atomic E-state index is 12.1. The topological polar surface area (TPSA) is 53.9 Å². The maximum absolute atomic E-state index is 12.1. The van der Waals surface area contributed by atoms with Crippen LogP contribution >= 0.6 is 11.8 Å². The van der Waals surface area contributed by atoms with Gasteiger partial charge in [-0.3, -0.25) is 9.79 Å². The van der Waals surface area contributed by atoms with Gasteiger partial charge in [0.25, 0.3) is 5.91 Å². The summed E-state index contributed by atoms with van der Waals surface area (Å²) in [5.41, 5.74) is 4.07. The Kier molecular flexibility index (Phi) is 4.67. The quantitative estimate of drug-likeness (QED) is 0.877. The normalized spacial score (nSPS) is 15.3. The molecule has 2 heterocycles.